The number of hydrogen-bond donors (Lipinski definition) is 0. The Bertz CT molecular complexity index is 839. The van der Waals surface area contributed by atoms with Crippen LogP contribution >= 0.6 is 23.8 Å². The van der Waals surface area contributed by atoms with Gasteiger partial charge in [-0.25, -0.2) is 0 Å². The Morgan fingerprint density at radius 3 is 0.765 bits per heavy atom. The average Bonchev–Trinajstić information content (AvgIpc) is 2.89. The second kappa shape index (κ2) is 14.3. The standard InChI is InChI=1S/C30H42AsP3/c1-7-32(8-2)28-19-13-25(14-20-28)31(26-15-21-29(22-16-26)33(9-3)10-4)27-17-23-30(24-18-27)34(11-5)12-6/h13-24H,7-12H2,1-6H3. The number of rotatable bonds is 12. The van der Waals surface area contributed by atoms with E-state index in [0.717, 1.165) is 0 Å². The first-order chi connectivity index (χ1) is 16.6. The van der Waals surface area contributed by atoms with Crippen LogP contribution in [0.3, 0.4) is 0 Å². The molecule has 0 fully saturated rings. The number of hydrogen-bond acceptors (Lipinski definition) is 0. The van der Waals surface area contributed by atoms with E-state index in [4.69, 9.17) is 0 Å². The summed E-state index contributed by atoms with van der Waals surface area (Å²) in [6.07, 6.45) is 7.70. The topological polar surface area (TPSA) is 0 Å². The van der Waals surface area contributed by atoms with Crippen LogP contribution in [0.5, 0.6) is 0 Å². The molecule has 3 aromatic rings. The van der Waals surface area contributed by atoms with Crippen molar-refractivity contribution in [1.29, 1.82) is 0 Å². The summed E-state index contributed by atoms with van der Waals surface area (Å²) in [6.45, 7) is 14.0. The first-order valence-corrected chi connectivity index (χ1v) is 20.9. The van der Waals surface area contributed by atoms with Gasteiger partial charge in [0.2, 0.25) is 0 Å². The van der Waals surface area contributed by atoms with Crippen molar-refractivity contribution in [3.63, 3.8) is 0 Å². The molecule has 0 saturated carbocycles. The van der Waals surface area contributed by atoms with Crippen LogP contribution in [-0.4, -0.2) is 51.6 Å². The van der Waals surface area contributed by atoms with Gasteiger partial charge in [-0.05, 0) is 0 Å². The molecule has 0 aliphatic heterocycles. The monoisotopic (exact) mass is 570 g/mol. The van der Waals surface area contributed by atoms with Crippen molar-refractivity contribution in [2.45, 2.75) is 41.5 Å². The minimum absolute atomic E-state index is 0.00238. The van der Waals surface area contributed by atoms with Crippen molar-refractivity contribution >= 4 is 67.4 Å². The van der Waals surface area contributed by atoms with Gasteiger partial charge in [0.25, 0.3) is 0 Å². The zero-order valence-corrected chi connectivity index (χ0v) is 26.5. The predicted octanol–water partition coefficient (Wildman–Crippen LogP) is 5.64. The molecule has 3 aromatic carbocycles. The SMILES string of the molecule is CCP(CC)c1ccc([As](c2ccc(P(CC)CC)cc2)c2ccc(P(CC)CC)cc2)cc1. The fourth-order valence-electron chi connectivity index (χ4n) is 4.65. The molecule has 0 bridgehead atoms. The van der Waals surface area contributed by atoms with E-state index in [9.17, 15) is 0 Å². The fraction of sp³-hybridized carbons (Fsp3) is 0.400. The first-order valence-electron chi connectivity index (χ1n) is 12.9. The molecule has 0 aliphatic rings. The van der Waals surface area contributed by atoms with Crippen molar-refractivity contribution in [1.82, 2.24) is 0 Å². The molecular weight excluding hydrogens is 528 g/mol. The fourth-order valence-corrected chi connectivity index (χ4v) is 14.6. The van der Waals surface area contributed by atoms with E-state index >= 15 is 0 Å². The Balaban J connectivity index is 2.01. The summed E-state index contributed by atoms with van der Waals surface area (Å²) < 4.78 is 4.67. The van der Waals surface area contributed by atoms with Crippen LogP contribution in [0.2, 0.25) is 0 Å². The van der Waals surface area contributed by atoms with Gasteiger partial charge >= 0.3 is 219 Å². The molecule has 0 amide bonds. The van der Waals surface area contributed by atoms with Gasteiger partial charge < -0.3 is 0 Å². The van der Waals surface area contributed by atoms with Gasteiger partial charge in [0.15, 0.2) is 0 Å². The van der Waals surface area contributed by atoms with Gasteiger partial charge in [0, 0.05) is 0 Å². The maximum absolute atomic E-state index is 2.47. The van der Waals surface area contributed by atoms with Gasteiger partial charge in [0.05, 0.1) is 0 Å². The van der Waals surface area contributed by atoms with Crippen LogP contribution in [0, 0.1) is 0 Å². The summed E-state index contributed by atoms with van der Waals surface area (Å²) in [4.78, 5) is 0. The summed E-state index contributed by atoms with van der Waals surface area (Å²) in [7, 11) is -0.00715. The maximum atomic E-state index is 2.47. The van der Waals surface area contributed by atoms with E-state index in [1.165, 1.54) is 37.0 Å². The van der Waals surface area contributed by atoms with E-state index in [1.807, 2.05) is 0 Å². The second-order valence-electron chi connectivity index (χ2n) is 8.40. The summed E-state index contributed by atoms with van der Waals surface area (Å²) in [5, 5.41) is 4.70. The first kappa shape index (κ1) is 28.1. The molecular formula is C30H42AsP3. The average molecular weight is 571 g/mol. The van der Waals surface area contributed by atoms with Gasteiger partial charge in [0.1, 0.15) is 0 Å². The van der Waals surface area contributed by atoms with Crippen LogP contribution in [0.25, 0.3) is 0 Å². The molecule has 0 aliphatic carbocycles. The summed E-state index contributed by atoms with van der Waals surface area (Å²) in [6, 6.07) is 29.5. The van der Waals surface area contributed by atoms with Gasteiger partial charge in [-0.3, -0.25) is 0 Å². The Morgan fingerprint density at radius 1 is 0.382 bits per heavy atom. The van der Waals surface area contributed by atoms with Gasteiger partial charge in [-0.1, -0.05) is 0 Å². The molecule has 3 rings (SSSR count). The molecule has 34 heavy (non-hydrogen) atoms. The summed E-state index contributed by atoms with van der Waals surface area (Å²) in [5.41, 5.74) is 0. The third kappa shape index (κ3) is 6.83. The molecule has 0 unspecified atom stereocenters. The van der Waals surface area contributed by atoms with Crippen LogP contribution in [0.4, 0.5) is 0 Å². The molecule has 0 saturated heterocycles. The van der Waals surface area contributed by atoms with Crippen LogP contribution in [-0.2, 0) is 0 Å². The van der Waals surface area contributed by atoms with Crippen molar-refractivity contribution in [3.8, 4) is 0 Å². The summed E-state index contributed by atoms with van der Waals surface area (Å²) in [5.74, 6) is 0. The molecule has 4 heteroatoms. The molecule has 0 spiro atoms. The van der Waals surface area contributed by atoms with Crippen molar-refractivity contribution in [2.24, 2.45) is 0 Å². The van der Waals surface area contributed by atoms with Gasteiger partial charge in [-0.15, -0.1) is 0 Å². The third-order valence-electron chi connectivity index (χ3n) is 6.71. The van der Waals surface area contributed by atoms with E-state index in [-0.39, 0.29) is 23.8 Å². The number of benzene rings is 3. The van der Waals surface area contributed by atoms with E-state index in [0.29, 0.717) is 0 Å². The van der Waals surface area contributed by atoms with Crippen molar-refractivity contribution < 1.29 is 0 Å². The molecule has 0 aromatic heterocycles. The molecule has 0 atom stereocenters. The normalized spacial score (nSPS) is 11.8. The Labute approximate surface area is 217 Å². The molecule has 0 radical (unpaired) electrons. The van der Waals surface area contributed by atoms with Crippen molar-refractivity contribution in [3.05, 3.63) is 72.8 Å². The van der Waals surface area contributed by atoms with Crippen LogP contribution in [0.1, 0.15) is 41.5 Å². The third-order valence-corrected chi connectivity index (χ3v) is 19.5. The van der Waals surface area contributed by atoms with Crippen molar-refractivity contribution in [2.75, 3.05) is 37.0 Å². The Morgan fingerprint density at radius 2 is 0.588 bits per heavy atom. The quantitative estimate of drug-likeness (QED) is 0.195. The summed E-state index contributed by atoms with van der Waals surface area (Å²) >= 11 is -1.59. The van der Waals surface area contributed by atoms with Crippen LogP contribution < -0.4 is 29.0 Å². The molecule has 0 N–H and O–H groups in total. The minimum atomic E-state index is -1.59. The zero-order chi connectivity index (χ0) is 24.5. The predicted molar refractivity (Wildman–Crippen MR) is 167 cm³/mol. The van der Waals surface area contributed by atoms with E-state index in [1.54, 1.807) is 29.0 Å². The zero-order valence-electron chi connectivity index (χ0n) is 22.0. The Hall–Kier alpha value is -0.492. The molecule has 182 valence electrons. The van der Waals surface area contributed by atoms with Crippen LogP contribution in [0.15, 0.2) is 72.8 Å². The van der Waals surface area contributed by atoms with E-state index in [2.05, 4.69) is 114 Å². The Kier molecular flexibility index (Phi) is 11.8. The molecule has 0 nitrogen and oxygen atoms in total. The second-order valence-corrected chi connectivity index (χ2v) is 21.6. The van der Waals surface area contributed by atoms with E-state index < -0.39 is 14.7 Å². The molecule has 0 heterocycles. The van der Waals surface area contributed by atoms with Gasteiger partial charge in [-0.2, -0.15) is 0 Å².